The summed E-state index contributed by atoms with van der Waals surface area (Å²) in [5, 5.41) is 0.853. The molecule has 1 aliphatic heterocycles. The molecular formula is C26H25F2N5O4S. The van der Waals surface area contributed by atoms with E-state index in [1.807, 2.05) is 24.3 Å². The van der Waals surface area contributed by atoms with Gasteiger partial charge in [0.05, 0.1) is 25.8 Å². The van der Waals surface area contributed by atoms with Gasteiger partial charge < -0.3 is 15.2 Å². The molecule has 12 heteroatoms. The summed E-state index contributed by atoms with van der Waals surface area (Å²) in [4.78, 5) is 10.3. The zero-order chi connectivity index (χ0) is 26.9. The van der Waals surface area contributed by atoms with Crippen LogP contribution in [0.1, 0.15) is 5.56 Å². The van der Waals surface area contributed by atoms with Crippen LogP contribution in [0.4, 0.5) is 20.3 Å². The average molecular weight is 542 g/mol. The maximum Gasteiger partial charge on any atom is 0.264 e. The lowest BCUT2D eigenvalue weighted by Crippen LogP contribution is -2.35. The van der Waals surface area contributed by atoms with Gasteiger partial charge in [0.15, 0.2) is 0 Å². The quantitative estimate of drug-likeness (QED) is 0.363. The van der Waals surface area contributed by atoms with Crippen molar-refractivity contribution in [2.75, 3.05) is 43.9 Å². The van der Waals surface area contributed by atoms with Crippen molar-refractivity contribution in [1.82, 2.24) is 14.9 Å². The monoisotopic (exact) mass is 541 g/mol. The van der Waals surface area contributed by atoms with Gasteiger partial charge >= 0.3 is 0 Å². The van der Waals surface area contributed by atoms with Gasteiger partial charge in [-0.3, -0.25) is 9.62 Å². The second-order valence-electron chi connectivity index (χ2n) is 8.79. The standard InChI is InChI=1S/C26H25F2N5O4S/c1-36-26-23(32-38(34,35)24-5-3-20(27)13-21(24)28)12-18(14-30-26)16-2-4-22-17(10-16)11-19(25(29)31-22)15-33-6-8-37-9-7-33/h2-5,10-14,32H,6-9,15H2,1H3,(H2,29,31). The molecule has 0 aliphatic carbocycles. The Bertz CT molecular complexity index is 1610. The number of pyridine rings is 2. The highest BCUT2D eigenvalue weighted by Crippen LogP contribution is 2.32. The van der Waals surface area contributed by atoms with E-state index in [1.165, 1.54) is 19.4 Å². The number of nitrogen functional groups attached to an aromatic ring is 1. The Morgan fingerprint density at radius 3 is 2.61 bits per heavy atom. The number of halogens is 2. The lowest BCUT2D eigenvalue weighted by atomic mass is 10.0. The van der Waals surface area contributed by atoms with E-state index >= 15 is 0 Å². The molecule has 0 saturated carbocycles. The van der Waals surface area contributed by atoms with Gasteiger partial charge in [-0.2, -0.15) is 0 Å². The summed E-state index contributed by atoms with van der Waals surface area (Å²) in [5.74, 6) is -1.64. The molecule has 2 aromatic carbocycles. The predicted octanol–water partition coefficient (Wildman–Crippen LogP) is 3.80. The van der Waals surface area contributed by atoms with Crippen LogP contribution >= 0.6 is 0 Å². The Labute approximate surface area is 218 Å². The van der Waals surface area contributed by atoms with E-state index in [1.54, 1.807) is 0 Å². The van der Waals surface area contributed by atoms with Crippen molar-refractivity contribution in [3.8, 4) is 17.0 Å². The number of sulfonamides is 1. The smallest absolute Gasteiger partial charge is 0.264 e. The van der Waals surface area contributed by atoms with E-state index in [-0.39, 0.29) is 11.6 Å². The summed E-state index contributed by atoms with van der Waals surface area (Å²) >= 11 is 0. The minimum atomic E-state index is -4.40. The summed E-state index contributed by atoms with van der Waals surface area (Å²) < 4.78 is 66.2. The van der Waals surface area contributed by atoms with Gasteiger partial charge in [0.1, 0.15) is 28.0 Å². The molecule has 3 heterocycles. The maximum atomic E-state index is 14.2. The third-order valence-corrected chi connectivity index (χ3v) is 7.63. The first-order valence-electron chi connectivity index (χ1n) is 11.7. The SMILES string of the molecule is COc1ncc(-c2ccc3nc(N)c(CN4CCOCC4)cc3c2)cc1NS(=O)(=O)c1ccc(F)cc1F. The first-order valence-corrected chi connectivity index (χ1v) is 13.2. The number of hydrogen-bond acceptors (Lipinski definition) is 8. The molecular weight excluding hydrogens is 516 g/mol. The molecule has 0 amide bonds. The Balaban J connectivity index is 1.48. The Kier molecular flexibility index (Phi) is 7.11. The Morgan fingerprint density at radius 1 is 1.08 bits per heavy atom. The number of benzene rings is 2. The van der Waals surface area contributed by atoms with Crippen LogP contribution in [0.2, 0.25) is 0 Å². The number of fused-ring (bicyclic) bond motifs is 1. The molecule has 198 valence electrons. The van der Waals surface area contributed by atoms with E-state index in [0.29, 0.717) is 42.7 Å². The van der Waals surface area contributed by atoms with Gasteiger partial charge in [0.2, 0.25) is 5.88 Å². The van der Waals surface area contributed by atoms with Crippen LogP contribution in [-0.2, 0) is 21.3 Å². The summed E-state index contributed by atoms with van der Waals surface area (Å²) in [6.45, 7) is 3.63. The fraction of sp³-hybridized carbons (Fsp3) is 0.231. The number of aromatic nitrogens is 2. The number of morpholine rings is 1. The molecule has 3 N–H and O–H groups in total. The number of nitrogens with two attached hydrogens (primary N) is 1. The highest BCUT2D eigenvalue weighted by molar-refractivity contribution is 7.92. The maximum absolute atomic E-state index is 14.2. The molecule has 1 fully saturated rings. The molecule has 38 heavy (non-hydrogen) atoms. The molecule has 4 aromatic rings. The van der Waals surface area contributed by atoms with Gasteiger partial charge in [-0.25, -0.2) is 27.2 Å². The average Bonchev–Trinajstić information content (AvgIpc) is 2.89. The van der Waals surface area contributed by atoms with Crippen LogP contribution < -0.4 is 15.2 Å². The van der Waals surface area contributed by atoms with Crippen molar-refractivity contribution >= 4 is 32.4 Å². The second-order valence-corrected chi connectivity index (χ2v) is 10.4. The first kappa shape index (κ1) is 25.8. The minimum Gasteiger partial charge on any atom is -0.480 e. The van der Waals surface area contributed by atoms with E-state index < -0.39 is 26.6 Å². The summed E-state index contributed by atoms with van der Waals surface area (Å²) in [6.07, 6.45) is 1.54. The van der Waals surface area contributed by atoms with Gasteiger partial charge in [-0.05, 0) is 42.0 Å². The number of ether oxygens (including phenoxy) is 2. The van der Waals surface area contributed by atoms with Crippen molar-refractivity contribution < 1.29 is 26.7 Å². The Hall–Kier alpha value is -3.87. The van der Waals surface area contributed by atoms with Crippen LogP contribution in [0.15, 0.2) is 59.6 Å². The molecule has 5 rings (SSSR count). The van der Waals surface area contributed by atoms with Crippen molar-refractivity contribution in [2.45, 2.75) is 11.4 Å². The van der Waals surface area contributed by atoms with Crippen LogP contribution in [0.3, 0.4) is 0 Å². The van der Waals surface area contributed by atoms with Crippen molar-refractivity contribution in [2.24, 2.45) is 0 Å². The normalized spacial score (nSPS) is 14.5. The molecule has 0 unspecified atom stereocenters. The molecule has 1 aliphatic rings. The van der Waals surface area contributed by atoms with Crippen LogP contribution in [0, 0.1) is 11.6 Å². The minimum absolute atomic E-state index is 0.00254. The number of methoxy groups -OCH3 is 1. The molecule has 2 aromatic heterocycles. The number of hydrogen-bond donors (Lipinski definition) is 2. The fourth-order valence-electron chi connectivity index (χ4n) is 4.28. The Morgan fingerprint density at radius 2 is 1.87 bits per heavy atom. The third-order valence-electron chi connectivity index (χ3n) is 6.23. The van der Waals surface area contributed by atoms with Gasteiger partial charge in [-0.15, -0.1) is 0 Å². The molecule has 0 spiro atoms. The molecule has 0 bridgehead atoms. The highest BCUT2D eigenvalue weighted by atomic mass is 32.2. The van der Waals surface area contributed by atoms with Gasteiger partial charge in [0, 0.05) is 48.4 Å². The van der Waals surface area contributed by atoms with E-state index in [2.05, 4.69) is 19.6 Å². The largest absolute Gasteiger partial charge is 0.480 e. The topological polar surface area (TPSA) is 120 Å². The number of nitrogens with zero attached hydrogens (tertiary/aromatic N) is 3. The zero-order valence-electron chi connectivity index (χ0n) is 20.4. The number of nitrogens with one attached hydrogen (secondary N) is 1. The summed E-state index contributed by atoms with van der Waals surface area (Å²) in [6, 6.07) is 11.3. The highest BCUT2D eigenvalue weighted by Gasteiger charge is 2.22. The van der Waals surface area contributed by atoms with Gasteiger partial charge in [0.25, 0.3) is 10.0 Å². The van der Waals surface area contributed by atoms with Crippen molar-refractivity contribution in [3.63, 3.8) is 0 Å². The van der Waals surface area contributed by atoms with Crippen LogP contribution in [0.25, 0.3) is 22.0 Å². The molecule has 0 atom stereocenters. The molecule has 9 nitrogen and oxygen atoms in total. The predicted molar refractivity (Wildman–Crippen MR) is 139 cm³/mol. The summed E-state index contributed by atoms with van der Waals surface area (Å²) in [7, 11) is -3.07. The van der Waals surface area contributed by atoms with E-state index in [9.17, 15) is 17.2 Å². The fourth-order valence-corrected chi connectivity index (χ4v) is 5.39. The summed E-state index contributed by atoms with van der Waals surface area (Å²) in [5.41, 5.74) is 9.16. The van der Waals surface area contributed by atoms with Crippen molar-refractivity contribution in [3.05, 3.63) is 71.9 Å². The lowest BCUT2D eigenvalue weighted by molar-refractivity contribution is 0.0342. The van der Waals surface area contributed by atoms with Crippen LogP contribution in [-0.4, -0.2) is 56.7 Å². The number of anilines is 2. The lowest BCUT2D eigenvalue weighted by Gasteiger charge is -2.27. The van der Waals surface area contributed by atoms with Crippen LogP contribution in [0.5, 0.6) is 5.88 Å². The van der Waals surface area contributed by atoms with Crippen molar-refractivity contribution in [1.29, 1.82) is 0 Å². The number of rotatable bonds is 7. The molecule has 0 radical (unpaired) electrons. The van der Waals surface area contributed by atoms with Gasteiger partial charge in [-0.1, -0.05) is 6.07 Å². The first-order chi connectivity index (χ1) is 18.2. The van der Waals surface area contributed by atoms with E-state index in [4.69, 9.17) is 15.2 Å². The second kappa shape index (κ2) is 10.5. The van der Waals surface area contributed by atoms with E-state index in [0.717, 1.165) is 41.7 Å². The zero-order valence-corrected chi connectivity index (χ0v) is 21.3. The molecule has 1 saturated heterocycles. The third kappa shape index (κ3) is 5.37.